The molecule has 2 aromatic heterocycles. The van der Waals surface area contributed by atoms with Gasteiger partial charge in [0, 0.05) is 46.7 Å². The Balaban J connectivity index is 1.50. The van der Waals surface area contributed by atoms with E-state index >= 15 is 0 Å². The van der Waals surface area contributed by atoms with Gasteiger partial charge in [-0.1, -0.05) is 29.3 Å². The van der Waals surface area contributed by atoms with E-state index in [0.29, 0.717) is 18.7 Å². The van der Waals surface area contributed by atoms with Crippen LogP contribution in [0.25, 0.3) is 5.57 Å². The molecule has 1 aliphatic heterocycles. The fourth-order valence-electron chi connectivity index (χ4n) is 4.79. The number of carbonyl (C=O) groups is 1. The Morgan fingerprint density at radius 3 is 2.50 bits per heavy atom. The van der Waals surface area contributed by atoms with Gasteiger partial charge in [-0.15, -0.1) is 0 Å². The summed E-state index contributed by atoms with van der Waals surface area (Å²) in [6.07, 6.45) is 8.40. The van der Waals surface area contributed by atoms with E-state index in [4.69, 9.17) is 16.6 Å². The molecule has 3 heterocycles. The normalized spacial score (nSPS) is 15.8. The molecule has 1 N–H and O–H groups in total. The summed E-state index contributed by atoms with van der Waals surface area (Å²) in [6, 6.07) is 11.7. The van der Waals surface area contributed by atoms with E-state index in [9.17, 15) is 10.0 Å². The number of pyridine rings is 2. The first-order chi connectivity index (χ1) is 15.5. The van der Waals surface area contributed by atoms with Crippen LogP contribution >= 0.6 is 11.6 Å². The maximum Gasteiger partial charge on any atom is 0.254 e. The molecule has 0 radical (unpaired) electrons. The van der Waals surface area contributed by atoms with E-state index in [0.717, 1.165) is 41.1 Å². The SMILES string of the molecule is Cc1cnc2c(c1)CCc1cc(Cl)ccc1C2=C1CCN(C(=O)c2cc[n+](O)cc2)CC1. The highest BCUT2D eigenvalue weighted by Gasteiger charge is 2.27. The van der Waals surface area contributed by atoms with Crippen LogP contribution in [0.4, 0.5) is 0 Å². The number of hydrogen-bond acceptors (Lipinski definition) is 3. The highest BCUT2D eigenvalue weighted by atomic mass is 35.5. The lowest BCUT2D eigenvalue weighted by Crippen LogP contribution is -2.37. The van der Waals surface area contributed by atoms with E-state index in [-0.39, 0.29) is 5.91 Å². The molecular formula is C26H25ClN3O2+. The van der Waals surface area contributed by atoms with Crippen molar-refractivity contribution in [3.05, 3.63) is 99.1 Å². The maximum absolute atomic E-state index is 12.9. The van der Waals surface area contributed by atoms with Gasteiger partial charge in [0.05, 0.1) is 11.3 Å². The van der Waals surface area contributed by atoms with Gasteiger partial charge in [-0.25, -0.2) is 0 Å². The van der Waals surface area contributed by atoms with Crippen molar-refractivity contribution in [1.29, 1.82) is 0 Å². The molecule has 3 aromatic rings. The molecular weight excluding hydrogens is 422 g/mol. The first-order valence-corrected chi connectivity index (χ1v) is 11.3. The van der Waals surface area contributed by atoms with E-state index in [1.54, 1.807) is 12.1 Å². The van der Waals surface area contributed by atoms with Crippen molar-refractivity contribution < 1.29 is 14.7 Å². The minimum absolute atomic E-state index is 0.00292. The highest BCUT2D eigenvalue weighted by molar-refractivity contribution is 6.30. The van der Waals surface area contributed by atoms with Crippen LogP contribution in [0.15, 0.2) is 60.6 Å². The Hall–Kier alpha value is -3.18. The van der Waals surface area contributed by atoms with Crippen LogP contribution in [-0.4, -0.2) is 34.1 Å². The van der Waals surface area contributed by atoms with Crippen LogP contribution in [-0.2, 0) is 12.8 Å². The van der Waals surface area contributed by atoms with Crippen LogP contribution in [0.3, 0.4) is 0 Å². The molecule has 0 saturated carbocycles. The van der Waals surface area contributed by atoms with Gasteiger partial charge >= 0.3 is 0 Å². The van der Waals surface area contributed by atoms with Crippen LogP contribution in [0.5, 0.6) is 0 Å². The molecule has 1 saturated heterocycles. The zero-order chi connectivity index (χ0) is 22.2. The second-order valence-corrected chi connectivity index (χ2v) is 9.00. The predicted octanol–water partition coefficient (Wildman–Crippen LogP) is 4.40. The second-order valence-electron chi connectivity index (χ2n) is 8.56. The fraction of sp³-hybridized carbons (Fsp3) is 0.269. The van der Waals surface area contributed by atoms with Gasteiger partial charge in [0.1, 0.15) is 0 Å². The summed E-state index contributed by atoms with van der Waals surface area (Å²) in [7, 11) is 0. The first-order valence-electron chi connectivity index (χ1n) is 11.0. The molecule has 1 amide bonds. The summed E-state index contributed by atoms with van der Waals surface area (Å²) in [5.74, 6) is -0.00292. The molecule has 0 atom stereocenters. The monoisotopic (exact) mass is 446 g/mol. The molecule has 2 aliphatic rings. The van der Waals surface area contributed by atoms with Crippen molar-refractivity contribution in [1.82, 2.24) is 9.88 Å². The van der Waals surface area contributed by atoms with Crippen molar-refractivity contribution in [3.8, 4) is 0 Å². The minimum Gasteiger partial charge on any atom is -0.338 e. The van der Waals surface area contributed by atoms with Gasteiger partial charge in [-0.2, -0.15) is 0 Å². The lowest BCUT2D eigenvalue weighted by atomic mass is 9.88. The predicted molar refractivity (Wildman–Crippen MR) is 123 cm³/mol. The van der Waals surface area contributed by atoms with Crippen molar-refractivity contribution in [2.75, 3.05) is 13.1 Å². The number of hydrogen-bond donors (Lipinski definition) is 1. The van der Waals surface area contributed by atoms with Crippen molar-refractivity contribution in [2.45, 2.75) is 32.6 Å². The highest BCUT2D eigenvalue weighted by Crippen LogP contribution is 2.38. The summed E-state index contributed by atoms with van der Waals surface area (Å²) in [5, 5.41) is 10.2. The molecule has 0 bridgehead atoms. The number of benzene rings is 1. The maximum atomic E-state index is 12.9. The van der Waals surface area contributed by atoms with Gasteiger partial charge < -0.3 is 4.90 Å². The molecule has 5 nitrogen and oxygen atoms in total. The van der Waals surface area contributed by atoms with Crippen LogP contribution in [0, 0.1) is 6.92 Å². The van der Waals surface area contributed by atoms with Gasteiger partial charge in [0.2, 0.25) is 12.4 Å². The van der Waals surface area contributed by atoms with Crippen LogP contribution in [0.2, 0.25) is 5.02 Å². The summed E-state index contributed by atoms with van der Waals surface area (Å²) >= 11 is 6.33. The Morgan fingerprint density at radius 1 is 1.03 bits per heavy atom. The molecule has 0 unspecified atom stereocenters. The van der Waals surface area contributed by atoms with E-state index < -0.39 is 0 Å². The number of halogens is 1. The quantitative estimate of drug-likeness (QED) is 0.445. The number of nitrogens with zero attached hydrogens (tertiary/aromatic N) is 3. The molecule has 32 heavy (non-hydrogen) atoms. The lowest BCUT2D eigenvalue weighted by molar-refractivity contribution is -0.904. The van der Waals surface area contributed by atoms with Gasteiger partial charge in [0.15, 0.2) is 0 Å². The minimum atomic E-state index is -0.00292. The summed E-state index contributed by atoms with van der Waals surface area (Å²) in [4.78, 5) is 19.7. The Morgan fingerprint density at radius 2 is 1.75 bits per heavy atom. The zero-order valence-electron chi connectivity index (χ0n) is 18.0. The topological polar surface area (TPSA) is 57.3 Å². The number of aryl methyl sites for hydroxylation is 3. The first kappa shape index (κ1) is 20.7. The second kappa shape index (κ2) is 8.40. The number of likely N-dealkylation sites (tertiary alicyclic amines) is 1. The van der Waals surface area contributed by atoms with Crippen LogP contribution < -0.4 is 4.73 Å². The molecule has 162 valence electrons. The molecule has 1 aromatic carbocycles. The summed E-state index contributed by atoms with van der Waals surface area (Å²) in [6.45, 7) is 3.41. The smallest absolute Gasteiger partial charge is 0.254 e. The molecule has 6 heteroatoms. The Bertz CT molecular complexity index is 1170. The molecule has 0 spiro atoms. The third-order valence-corrected chi connectivity index (χ3v) is 6.64. The van der Waals surface area contributed by atoms with Gasteiger partial charge in [-0.3, -0.25) is 15.0 Å². The van der Waals surface area contributed by atoms with Crippen molar-refractivity contribution >= 4 is 23.1 Å². The summed E-state index contributed by atoms with van der Waals surface area (Å²) in [5.41, 5.74) is 9.15. The van der Waals surface area contributed by atoms with E-state index in [2.05, 4.69) is 25.1 Å². The fourth-order valence-corrected chi connectivity index (χ4v) is 4.98. The van der Waals surface area contributed by atoms with Crippen LogP contribution in [0.1, 0.15) is 51.1 Å². The average Bonchev–Trinajstić information content (AvgIpc) is 2.95. The van der Waals surface area contributed by atoms with Crippen molar-refractivity contribution in [2.24, 2.45) is 0 Å². The Kier molecular flexibility index (Phi) is 5.43. The van der Waals surface area contributed by atoms with E-state index in [1.165, 1.54) is 45.8 Å². The molecule has 1 fully saturated rings. The molecule has 1 aliphatic carbocycles. The number of amides is 1. The Labute approximate surface area is 192 Å². The third-order valence-electron chi connectivity index (χ3n) is 6.41. The van der Waals surface area contributed by atoms with Gasteiger partial charge in [0.25, 0.3) is 5.91 Å². The summed E-state index contributed by atoms with van der Waals surface area (Å²) < 4.78 is 0.942. The zero-order valence-corrected chi connectivity index (χ0v) is 18.8. The molecule has 5 rings (SSSR count). The van der Waals surface area contributed by atoms with Crippen molar-refractivity contribution in [3.63, 3.8) is 0 Å². The van der Waals surface area contributed by atoms with Gasteiger partial charge in [-0.05, 0) is 67.0 Å². The largest absolute Gasteiger partial charge is 0.338 e. The number of carbonyl (C=O) groups excluding carboxylic acids is 1. The number of rotatable bonds is 1. The van der Waals surface area contributed by atoms with E-state index in [1.807, 2.05) is 17.2 Å². The lowest BCUT2D eigenvalue weighted by Gasteiger charge is -2.30. The third kappa shape index (κ3) is 3.89. The number of aromatic nitrogens is 2. The number of piperidine rings is 1. The number of fused-ring (bicyclic) bond motifs is 2. The average molecular weight is 447 g/mol. The standard InChI is InChI=1S/C26H25ClN3O2/c1-17-14-21-3-2-20-15-22(27)4-5-23(20)24(25(21)28-16-17)18-6-10-29(11-7-18)26(31)19-8-12-30(32)13-9-19/h4-5,8-9,12-16,32H,2-3,6-7,10-11H2,1H3/q+1.